The Morgan fingerprint density at radius 3 is 2.68 bits per heavy atom. The van der Waals surface area contributed by atoms with Gasteiger partial charge in [-0.25, -0.2) is 0 Å². The van der Waals surface area contributed by atoms with Crippen molar-refractivity contribution >= 4 is 23.2 Å². The number of amides is 2. The summed E-state index contributed by atoms with van der Waals surface area (Å²) in [7, 11) is 0. The molecular weight excluding hydrogens is 358 g/mol. The van der Waals surface area contributed by atoms with Crippen molar-refractivity contribution in [1.29, 1.82) is 0 Å². The normalized spacial score (nSPS) is 16.2. The molecule has 2 aromatic carbocycles. The second-order valence-electron chi connectivity index (χ2n) is 6.97. The van der Waals surface area contributed by atoms with Crippen LogP contribution in [0.25, 0.3) is 0 Å². The number of hydrogen-bond acceptors (Lipinski definition) is 5. The molecule has 2 N–H and O–H groups in total. The summed E-state index contributed by atoms with van der Waals surface area (Å²) in [5.41, 5.74) is 2.68. The average molecular weight is 381 g/mol. The Morgan fingerprint density at radius 1 is 1.14 bits per heavy atom. The molecular formula is C21H23N3O4. The van der Waals surface area contributed by atoms with Crippen LogP contribution in [0.1, 0.15) is 25.3 Å². The number of carbonyl (C=O) groups is 2. The molecule has 0 aromatic heterocycles. The van der Waals surface area contributed by atoms with E-state index in [1.807, 2.05) is 49.4 Å². The number of nitrogens with zero attached hydrogens (tertiary/aromatic N) is 1. The van der Waals surface area contributed by atoms with Gasteiger partial charge in [-0.05, 0) is 55.3 Å². The Morgan fingerprint density at radius 2 is 1.93 bits per heavy atom. The maximum atomic E-state index is 12.4. The van der Waals surface area contributed by atoms with Crippen molar-refractivity contribution in [3.8, 4) is 11.5 Å². The molecule has 2 aliphatic rings. The fourth-order valence-corrected chi connectivity index (χ4v) is 3.37. The minimum Gasteiger partial charge on any atom is -0.454 e. The zero-order valence-electron chi connectivity index (χ0n) is 15.7. The van der Waals surface area contributed by atoms with Crippen LogP contribution < -0.4 is 25.0 Å². The van der Waals surface area contributed by atoms with Crippen LogP contribution in [-0.2, 0) is 16.1 Å². The number of rotatable bonds is 6. The molecule has 1 saturated heterocycles. The molecule has 1 atom stereocenters. The number of nitrogens with one attached hydrogen (secondary N) is 2. The fraction of sp³-hybridized carbons (Fsp3) is 0.333. The van der Waals surface area contributed by atoms with Crippen LogP contribution in [0.2, 0.25) is 0 Å². The predicted octanol–water partition coefficient (Wildman–Crippen LogP) is 2.66. The van der Waals surface area contributed by atoms with Crippen LogP contribution in [0.15, 0.2) is 42.5 Å². The zero-order chi connectivity index (χ0) is 19.5. The van der Waals surface area contributed by atoms with E-state index in [4.69, 9.17) is 9.47 Å². The molecule has 4 rings (SSSR count). The van der Waals surface area contributed by atoms with Crippen LogP contribution in [0.4, 0.5) is 11.4 Å². The highest BCUT2D eigenvalue weighted by Gasteiger charge is 2.21. The Kier molecular flexibility index (Phi) is 5.06. The number of ether oxygens (including phenoxy) is 2. The lowest BCUT2D eigenvalue weighted by molar-refractivity contribution is -0.121. The minimum absolute atomic E-state index is 0.100. The molecule has 2 aliphatic heterocycles. The molecule has 7 nitrogen and oxygen atoms in total. The van der Waals surface area contributed by atoms with Gasteiger partial charge in [0, 0.05) is 30.9 Å². The zero-order valence-corrected chi connectivity index (χ0v) is 15.7. The lowest BCUT2D eigenvalue weighted by atomic mass is 10.2. The van der Waals surface area contributed by atoms with Crippen molar-refractivity contribution in [2.45, 2.75) is 32.4 Å². The van der Waals surface area contributed by atoms with E-state index in [1.165, 1.54) is 0 Å². The van der Waals surface area contributed by atoms with Gasteiger partial charge in [0.1, 0.15) is 6.04 Å². The van der Waals surface area contributed by atoms with Gasteiger partial charge in [0.2, 0.25) is 18.6 Å². The van der Waals surface area contributed by atoms with Crippen molar-refractivity contribution in [3.63, 3.8) is 0 Å². The molecule has 0 radical (unpaired) electrons. The van der Waals surface area contributed by atoms with Crippen LogP contribution in [0, 0.1) is 0 Å². The summed E-state index contributed by atoms with van der Waals surface area (Å²) >= 11 is 0. The molecule has 28 heavy (non-hydrogen) atoms. The Labute approximate surface area is 163 Å². The number of carbonyl (C=O) groups excluding carboxylic acids is 2. The molecule has 0 unspecified atom stereocenters. The highest BCUT2D eigenvalue weighted by Crippen LogP contribution is 2.32. The molecule has 0 spiro atoms. The largest absolute Gasteiger partial charge is 0.454 e. The van der Waals surface area contributed by atoms with E-state index in [-0.39, 0.29) is 18.6 Å². The molecule has 0 aliphatic carbocycles. The third kappa shape index (κ3) is 3.88. The van der Waals surface area contributed by atoms with E-state index < -0.39 is 6.04 Å². The summed E-state index contributed by atoms with van der Waals surface area (Å²) in [6.07, 6.45) is 1.51. The van der Waals surface area contributed by atoms with Crippen molar-refractivity contribution < 1.29 is 19.1 Å². The number of fused-ring (bicyclic) bond motifs is 1. The monoisotopic (exact) mass is 381 g/mol. The van der Waals surface area contributed by atoms with E-state index in [9.17, 15) is 9.59 Å². The molecule has 0 saturated carbocycles. The molecule has 2 heterocycles. The Balaban J connectivity index is 1.30. The van der Waals surface area contributed by atoms with Crippen molar-refractivity contribution in [1.82, 2.24) is 5.32 Å². The summed E-state index contributed by atoms with van der Waals surface area (Å²) in [4.78, 5) is 26.0. The second-order valence-corrected chi connectivity index (χ2v) is 6.97. The number of anilines is 2. The standard InChI is InChI=1S/C21H23N3O4/c1-14(21(26)22-12-15-4-9-18-19(11-15)28-13-27-18)23-16-5-7-17(8-6-16)24-10-2-3-20(24)25/h4-9,11,14,23H,2-3,10,12-13H2,1H3,(H,22,26)/t14-/m0/s1. The topological polar surface area (TPSA) is 79.9 Å². The summed E-state index contributed by atoms with van der Waals surface area (Å²) in [6, 6.07) is 12.8. The van der Waals surface area contributed by atoms with Crippen molar-refractivity contribution in [2.75, 3.05) is 23.6 Å². The molecule has 7 heteroatoms. The van der Waals surface area contributed by atoms with Gasteiger partial charge >= 0.3 is 0 Å². The van der Waals surface area contributed by atoms with Gasteiger partial charge in [-0.2, -0.15) is 0 Å². The van der Waals surface area contributed by atoms with Crippen molar-refractivity contribution in [2.24, 2.45) is 0 Å². The van der Waals surface area contributed by atoms with Gasteiger partial charge < -0.3 is 25.0 Å². The molecule has 1 fully saturated rings. The van der Waals surface area contributed by atoms with Gasteiger partial charge in [0.25, 0.3) is 0 Å². The summed E-state index contributed by atoms with van der Waals surface area (Å²) in [6.45, 7) is 3.23. The van der Waals surface area contributed by atoms with Crippen molar-refractivity contribution in [3.05, 3.63) is 48.0 Å². The first kappa shape index (κ1) is 18.2. The summed E-state index contributed by atoms with van der Waals surface area (Å²) in [5.74, 6) is 1.49. The highest BCUT2D eigenvalue weighted by atomic mass is 16.7. The van der Waals surface area contributed by atoms with Crippen LogP contribution in [0.5, 0.6) is 11.5 Å². The van der Waals surface area contributed by atoms with E-state index >= 15 is 0 Å². The molecule has 146 valence electrons. The van der Waals surface area contributed by atoms with Crippen LogP contribution in [-0.4, -0.2) is 31.2 Å². The second kappa shape index (κ2) is 7.80. The maximum Gasteiger partial charge on any atom is 0.242 e. The Hall–Kier alpha value is -3.22. The first-order valence-corrected chi connectivity index (χ1v) is 9.43. The van der Waals surface area contributed by atoms with Gasteiger partial charge in [-0.1, -0.05) is 6.07 Å². The lowest BCUT2D eigenvalue weighted by Crippen LogP contribution is -2.37. The highest BCUT2D eigenvalue weighted by molar-refractivity contribution is 5.95. The smallest absolute Gasteiger partial charge is 0.242 e. The predicted molar refractivity (Wildman–Crippen MR) is 106 cm³/mol. The quantitative estimate of drug-likeness (QED) is 0.804. The van der Waals surface area contributed by atoms with Gasteiger partial charge in [-0.15, -0.1) is 0 Å². The van der Waals surface area contributed by atoms with E-state index in [2.05, 4.69) is 10.6 Å². The van der Waals surface area contributed by atoms with E-state index in [1.54, 1.807) is 4.90 Å². The summed E-state index contributed by atoms with van der Waals surface area (Å²) in [5, 5.41) is 6.11. The fourth-order valence-electron chi connectivity index (χ4n) is 3.37. The van der Waals surface area contributed by atoms with Gasteiger partial charge in [-0.3, -0.25) is 9.59 Å². The molecule has 2 aromatic rings. The van der Waals surface area contributed by atoms with E-state index in [0.717, 1.165) is 35.7 Å². The van der Waals surface area contributed by atoms with Crippen LogP contribution >= 0.6 is 0 Å². The van der Waals surface area contributed by atoms with Gasteiger partial charge in [0.05, 0.1) is 0 Å². The third-order valence-corrected chi connectivity index (χ3v) is 4.93. The number of benzene rings is 2. The molecule has 2 amide bonds. The molecule has 0 bridgehead atoms. The summed E-state index contributed by atoms with van der Waals surface area (Å²) < 4.78 is 10.6. The lowest BCUT2D eigenvalue weighted by Gasteiger charge is -2.18. The van der Waals surface area contributed by atoms with Gasteiger partial charge in [0.15, 0.2) is 11.5 Å². The SMILES string of the molecule is C[C@H](Nc1ccc(N2CCCC2=O)cc1)C(=O)NCc1ccc2c(c1)OCO2. The van der Waals surface area contributed by atoms with E-state index in [0.29, 0.717) is 18.7 Å². The third-order valence-electron chi connectivity index (χ3n) is 4.93. The number of hydrogen-bond donors (Lipinski definition) is 2. The maximum absolute atomic E-state index is 12.4. The average Bonchev–Trinajstić information content (AvgIpc) is 3.35. The Bertz CT molecular complexity index is 882. The minimum atomic E-state index is -0.395. The first-order chi connectivity index (χ1) is 13.6. The first-order valence-electron chi connectivity index (χ1n) is 9.43. The van der Waals surface area contributed by atoms with Crippen LogP contribution in [0.3, 0.4) is 0 Å².